The van der Waals surface area contributed by atoms with Gasteiger partial charge in [-0.25, -0.2) is 13.6 Å². The third-order valence-electron chi connectivity index (χ3n) is 6.05. The number of carbonyl (C=O) groups excluding carboxylic acids is 2. The van der Waals surface area contributed by atoms with E-state index in [0.717, 1.165) is 17.7 Å². The molecule has 2 aromatic rings. The van der Waals surface area contributed by atoms with Crippen LogP contribution in [0.1, 0.15) is 35.8 Å². The SMILES string of the molecule is CN=C(NC(=O)c1ccc(F)cc1F)C1=C(N)C(C)(C)N(C(=O)N[C@H](CNC)c2ccccc2)C1. The summed E-state index contributed by atoms with van der Waals surface area (Å²) in [6.45, 7) is 4.17. The van der Waals surface area contributed by atoms with Gasteiger partial charge in [0, 0.05) is 30.9 Å². The Labute approximate surface area is 203 Å². The van der Waals surface area contributed by atoms with Crippen molar-refractivity contribution in [3.63, 3.8) is 0 Å². The summed E-state index contributed by atoms with van der Waals surface area (Å²) in [6, 6.07) is 11.6. The molecule has 3 amide bonds. The molecule has 1 aliphatic heterocycles. The van der Waals surface area contributed by atoms with Crippen LogP contribution < -0.4 is 21.7 Å². The Hall–Kier alpha value is -3.79. The zero-order valence-electron chi connectivity index (χ0n) is 20.2. The van der Waals surface area contributed by atoms with Crippen molar-refractivity contribution in [3.05, 3.63) is 82.6 Å². The molecule has 10 heteroatoms. The Morgan fingerprint density at radius 3 is 2.46 bits per heavy atom. The summed E-state index contributed by atoms with van der Waals surface area (Å²) < 4.78 is 27.3. The average molecular weight is 485 g/mol. The molecule has 0 fully saturated rings. The predicted octanol–water partition coefficient (Wildman–Crippen LogP) is 2.70. The number of aliphatic imine (C=N–C) groups is 1. The number of nitrogens with one attached hydrogen (secondary N) is 3. The van der Waals surface area contributed by atoms with Crippen LogP contribution in [-0.4, -0.2) is 55.4 Å². The summed E-state index contributed by atoms with van der Waals surface area (Å²) in [5.41, 5.74) is 6.92. The van der Waals surface area contributed by atoms with Gasteiger partial charge in [0.25, 0.3) is 5.91 Å². The first-order valence-corrected chi connectivity index (χ1v) is 11.1. The van der Waals surface area contributed by atoms with Gasteiger partial charge in [-0.2, -0.15) is 0 Å². The van der Waals surface area contributed by atoms with E-state index in [9.17, 15) is 18.4 Å². The van der Waals surface area contributed by atoms with Gasteiger partial charge < -0.3 is 26.6 Å². The molecule has 0 spiro atoms. The van der Waals surface area contributed by atoms with Gasteiger partial charge in [-0.05, 0) is 38.6 Å². The smallest absolute Gasteiger partial charge is 0.318 e. The molecular formula is C25H30F2N6O2. The maximum absolute atomic E-state index is 14.1. The molecule has 0 aliphatic carbocycles. The fourth-order valence-electron chi connectivity index (χ4n) is 3.97. The third kappa shape index (κ3) is 5.48. The van der Waals surface area contributed by atoms with Gasteiger partial charge in [0.15, 0.2) is 0 Å². The highest BCUT2D eigenvalue weighted by Gasteiger charge is 2.43. The van der Waals surface area contributed by atoms with Crippen LogP contribution >= 0.6 is 0 Å². The molecule has 2 aromatic carbocycles. The van der Waals surface area contributed by atoms with Gasteiger partial charge in [0.2, 0.25) is 0 Å². The van der Waals surface area contributed by atoms with Crippen molar-refractivity contribution >= 4 is 17.8 Å². The van der Waals surface area contributed by atoms with E-state index in [-0.39, 0.29) is 30.0 Å². The number of hydrogen-bond acceptors (Lipinski definition) is 5. The Bertz CT molecular complexity index is 1160. The molecule has 1 aliphatic rings. The van der Waals surface area contributed by atoms with Crippen molar-refractivity contribution in [2.75, 3.05) is 27.2 Å². The summed E-state index contributed by atoms with van der Waals surface area (Å²) in [5.74, 6) is -2.48. The highest BCUT2D eigenvalue weighted by Crippen LogP contribution is 2.32. The van der Waals surface area contributed by atoms with Crippen molar-refractivity contribution < 1.29 is 18.4 Å². The molecule has 1 heterocycles. The summed E-state index contributed by atoms with van der Waals surface area (Å²) in [6.07, 6.45) is 0. The number of nitrogens with two attached hydrogens (primary N) is 1. The maximum atomic E-state index is 14.1. The van der Waals surface area contributed by atoms with Crippen LogP contribution in [0.25, 0.3) is 0 Å². The number of nitrogens with zero attached hydrogens (tertiary/aromatic N) is 2. The van der Waals surface area contributed by atoms with Gasteiger partial charge in [0.1, 0.15) is 17.5 Å². The minimum atomic E-state index is -0.996. The number of amidine groups is 1. The van der Waals surface area contributed by atoms with Crippen molar-refractivity contribution in [2.45, 2.75) is 25.4 Å². The minimum Gasteiger partial charge on any atom is -0.400 e. The van der Waals surface area contributed by atoms with Gasteiger partial charge in [-0.15, -0.1) is 0 Å². The fourth-order valence-corrected chi connectivity index (χ4v) is 3.97. The van der Waals surface area contributed by atoms with E-state index in [1.165, 1.54) is 7.05 Å². The second-order valence-electron chi connectivity index (χ2n) is 8.66. The quantitative estimate of drug-likeness (QED) is 0.373. The second kappa shape index (κ2) is 10.6. The molecule has 0 radical (unpaired) electrons. The van der Waals surface area contributed by atoms with Crippen molar-refractivity contribution in [1.82, 2.24) is 20.9 Å². The highest BCUT2D eigenvalue weighted by atomic mass is 19.1. The minimum absolute atomic E-state index is 0.0740. The highest BCUT2D eigenvalue weighted by molar-refractivity contribution is 6.13. The molecule has 3 rings (SSSR count). The zero-order valence-corrected chi connectivity index (χ0v) is 20.2. The molecule has 0 saturated heterocycles. The normalized spacial score (nSPS) is 16.3. The molecule has 8 nitrogen and oxygen atoms in total. The predicted molar refractivity (Wildman–Crippen MR) is 131 cm³/mol. The van der Waals surface area contributed by atoms with Crippen molar-refractivity contribution in [3.8, 4) is 0 Å². The summed E-state index contributed by atoms with van der Waals surface area (Å²) in [7, 11) is 3.25. The first-order chi connectivity index (χ1) is 16.6. The molecule has 35 heavy (non-hydrogen) atoms. The molecular weight excluding hydrogens is 454 g/mol. The molecule has 5 N–H and O–H groups in total. The number of halogens is 2. The number of likely N-dealkylation sites (N-methyl/N-ethyl adjacent to an activating group) is 1. The molecule has 186 valence electrons. The Morgan fingerprint density at radius 1 is 1.17 bits per heavy atom. The Balaban J connectivity index is 1.80. The van der Waals surface area contributed by atoms with E-state index in [4.69, 9.17) is 5.73 Å². The van der Waals surface area contributed by atoms with Gasteiger partial charge in [-0.1, -0.05) is 30.3 Å². The van der Waals surface area contributed by atoms with E-state index in [1.54, 1.807) is 25.8 Å². The second-order valence-corrected chi connectivity index (χ2v) is 8.66. The van der Waals surface area contributed by atoms with Crippen LogP contribution in [0.15, 0.2) is 64.8 Å². The van der Waals surface area contributed by atoms with Gasteiger partial charge >= 0.3 is 6.03 Å². The number of hydrogen-bond donors (Lipinski definition) is 4. The summed E-state index contributed by atoms with van der Waals surface area (Å²) in [4.78, 5) is 31.6. The fraction of sp³-hybridized carbons (Fsp3) is 0.320. The van der Waals surface area contributed by atoms with Crippen LogP contribution in [0.5, 0.6) is 0 Å². The maximum Gasteiger partial charge on any atom is 0.318 e. The Kier molecular flexibility index (Phi) is 7.85. The van der Waals surface area contributed by atoms with Crippen LogP contribution in [0, 0.1) is 11.6 Å². The van der Waals surface area contributed by atoms with E-state index in [0.29, 0.717) is 23.9 Å². The van der Waals surface area contributed by atoms with E-state index >= 15 is 0 Å². The summed E-state index contributed by atoms with van der Waals surface area (Å²) in [5, 5.41) is 8.67. The molecule has 0 saturated carbocycles. The van der Waals surface area contributed by atoms with E-state index in [2.05, 4.69) is 20.9 Å². The largest absolute Gasteiger partial charge is 0.400 e. The van der Waals surface area contributed by atoms with Crippen LogP contribution in [-0.2, 0) is 0 Å². The van der Waals surface area contributed by atoms with Crippen LogP contribution in [0.2, 0.25) is 0 Å². The number of amides is 3. The zero-order chi connectivity index (χ0) is 25.8. The molecule has 0 unspecified atom stereocenters. The summed E-state index contributed by atoms with van der Waals surface area (Å²) >= 11 is 0. The van der Waals surface area contributed by atoms with Crippen LogP contribution in [0.4, 0.5) is 13.6 Å². The topological polar surface area (TPSA) is 112 Å². The first kappa shape index (κ1) is 25.8. The van der Waals surface area contributed by atoms with Crippen molar-refractivity contribution in [2.24, 2.45) is 10.7 Å². The van der Waals surface area contributed by atoms with Gasteiger partial charge in [0.05, 0.1) is 23.7 Å². The number of rotatable bonds is 6. The molecule has 0 aromatic heterocycles. The van der Waals surface area contributed by atoms with E-state index in [1.807, 2.05) is 30.3 Å². The third-order valence-corrected chi connectivity index (χ3v) is 6.05. The molecule has 1 atom stereocenters. The Morgan fingerprint density at radius 2 is 1.86 bits per heavy atom. The van der Waals surface area contributed by atoms with Gasteiger partial charge in [-0.3, -0.25) is 9.79 Å². The monoisotopic (exact) mass is 484 g/mol. The lowest BCUT2D eigenvalue weighted by Gasteiger charge is -2.34. The lowest BCUT2D eigenvalue weighted by atomic mass is 10.00. The lowest BCUT2D eigenvalue weighted by molar-refractivity contribution is 0.0973. The van der Waals surface area contributed by atoms with Crippen LogP contribution in [0.3, 0.4) is 0 Å². The standard InChI is InChI=1S/C25H30F2N6O2/c1-25(2)21(28)18(22(30-4)32-23(34)17-11-10-16(26)12-19(17)27)14-33(25)24(35)31-20(13-29-3)15-8-6-5-7-9-15/h5-12,20,29H,13-14,28H2,1-4H3,(H,31,35)(H,30,32,34)/t20-/m1/s1. The van der Waals surface area contributed by atoms with E-state index < -0.39 is 23.1 Å². The van der Waals surface area contributed by atoms with Crippen molar-refractivity contribution in [1.29, 1.82) is 0 Å². The first-order valence-electron chi connectivity index (χ1n) is 11.1. The lowest BCUT2D eigenvalue weighted by Crippen LogP contribution is -2.52. The molecule has 0 bridgehead atoms. The number of urea groups is 1. The number of benzene rings is 2. The average Bonchev–Trinajstić information content (AvgIpc) is 3.06. The number of carbonyl (C=O) groups is 2.